The molecule has 0 aliphatic carbocycles. The first-order chi connectivity index (χ1) is 7.65. The van der Waals surface area contributed by atoms with E-state index in [1.807, 2.05) is 0 Å². The molecular weight excluding hydrogens is 380 g/mol. The molecule has 0 saturated heterocycles. The lowest BCUT2D eigenvalue weighted by atomic mass is 10.3. The van der Waals surface area contributed by atoms with Crippen molar-refractivity contribution in [2.24, 2.45) is 0 Å². The van der Waals surface area contributed by atoms with Gasteiger partial charge in [-0.05, 0) is 12.1 Å². The number of rotatable bonds is 3. The van der Waals surface area contributed by atoms with E-state index in [4.69, 9.17) is 4.55 Å². The predicted molar refractivity (Wildman–Crippen MR) is 56.3 cm³/mol. The zero-order chi connectivity index (χ0) is 13.3. The molecule has 0 atom stereocenters. The molecule has 0 bridgehead atoms. The van der Waals surface area contributed by atoms with Gasteiger partial charge in [0.2, 0.25) is 0 Å². The zero-order valence-corrected chi connectivity index (χ0v) is 10.7. The molecular formula is C7H4F3IO5S. The van der Waals surface area contributed by atoms with Gasteiger partial charge in [-0.25, -0.2) is 0 Å². The summed E-state index contributed by atoms with van der Waals surface area (Å²) in [6.45, 7) is 0. The minimum atomic E-state index is -5.04. The quantitative estimate of drug-likeness (QED) is 0.639. The summed E-state index contributed by atoms with van der Waals surface area (Å²) in [6.07, 6.45) is -5.04. The lowest BCUT2D eigenvalue weighted by Crippen LogP contribution is -2.18. The predicted octanol–water partition coefficient (Wildman–Crippen LogP) is 2.32. The summed E-state index contributed by atoms with van der Waals surface area (Å²) in [5.41, 5.74) is 0. The molecule has 1 rings (SSSR count). The van der Waals surface area contributed by atoms with Gasteiger partial charge in [0.05, 0.1) is 0 Å². The van der Waals surface area contributed by atoms with Crippen molar-refractivity contribution in [1.29, 1.82) is 0 Å². The first-order valence-corrected chi connectivity index (χ1v) is 7.18. The van der Waals surface area contributed by atoms with Crippen LogP contribution in [0.1, 0.15) is 0 Å². The molecule has 5 nitrogen and oxygen atoms in total. The van der Waals surface area contributed by atoms with Crippen molar-refractivity contribution in [2.45, 2.75) is 11.3 Å². The molecule has 1 aromatic carbocycles. The highest BCUT2D eigenvalue weighted by molar-refractivity contribution is 14.1. The average Bonchev–Trinajstić information content (AvgIpc) is 2.13. The lowest BCUT2D eigenvalue weighted by Gasteiger charge is -2.11. The molecule has 96 valence electrons. The molecule has 0 fully saturated rings. The summed E-state index contributed by atoms with van der Waals surface area (Å²) < 4.78 is 79.9. The number of alkyl halides is 3. The standard InChI is InChI=1S/C7H4F3IO5S/c8-7(9,10)16-4-2-1-3-5(6(4)11-12)17(13,14)15/h1-3H,(H,13,14,15). The number of benzene rings is 1. The Morgan fingerprint density at radius 1 is 1.29 bits per heavy atom. The van der Waals surface area contributed by atoms with Crippen LogP contribution in [0.3, 0.4) is 0 Å². The Balaban J connectivity index is 3.40. The van der Waals surface area contributed by atoms with Gasteiger partial charge < -0.3 is 4.74 Å². The number of halogens is 4. The van der Waals surface area contributed by atoms with E-state index in [9.17, 15) is 24.7 Å². The summed E-state index contributed by atoms with van der Waals surface area (Å²) in [4.78, 5) is -0.845. The summed E-state index contributed by atoms with van der Waals surface area (Å²) in [7, 11) is -4.74. The van der Waals surface area contributed by atoms with Crippen molar-refractivity contribution in [2.75, 3.05) is 0 Å². The second-order valence-electron chi connectivity index (χ2n) is 2.67. The van der Waals surface area contributed by atoms with Crippen LogP contribution in [0, 0.1) is 3.57 Å². The lowest BCUT2D eigenvalue weighted by molar-refractivity contribution is -0.275. The molecule has 1 aromatic rings. The summed E-state index contributed by atoms with van der Waals surface area (Å²) in [6, 6.07) is 2.59. The third-order valence-corrected chi connectivity index (χ3v) is 4.32. The first-order valence-electron chi connectivity index (χ1n) is 3.78. The highest BCUT2D eigenvalue weighted by atomic mass is 127. The van der Waals surface area contributed by atoms with Crippen molar-refractivity contribution < 1.29 is 33.9 Å². The fourth-order valence-corrected chi connectivity index (χ4v) is 3.50. The Kier molecular flexibility index (Phi) is 4.09. The van der Waals surface area contributed by atoms with Gasteiger partial charge >= 0.3 is 6.36 Å². The van der Waals surface area contributed by atoms with Gasteiger partial charge in [0.1, 0.15) is 14.2 Å². The summed E-state index contributed by atoms with van der Waals surface area (Å²) in [5, 5.41) is 0. The smallest absolute Gasteiger partial charge is 0.405 e. The van der Waals surface area contributed by atoms with Gasteiger partial charge in [0, 0.05) is 0 Å². The SMILES string of the molecule is O=Ic1c(OC(F)(F)F)cccc1S(=O)(=O)O. The van der Waals surface area contributed by atoms with Gasteiger partial charge in [-0.1, -0.05) is 6.07 Å². The van der Waals surface area contributed by atoms with Crippen molar-refractivity contribution in [1.82, 2.24) is 0 Å². The zero-order valence-electron chi connectivity index (χ0n) is 7.73. The fourth-order valence-electron chi connectivity index (χ4n) is 0.969. The van der Waals surface area contributed by atoms with Crippen LogP contribution < -0.4 is 4.74 Å². The Morgan fingerprint density at radius 3 is 2.29 bits per heavy atom. The van der Waals surface area contributed by atoms with Crippen molar-refractivity contribution in [3.8, 4) is 5.75 Å². The molecule has 1 N–H and O–H groups in total. The number of ether oxygens (including phenoxy) is 1. The van der Waals surface area contributed by atoms with Crippen molar-refractivity contribution >= 4 is 31.3 Å². The average molecular weight is 384 g/mol. The van der Waals surface area contributed by atoms with Crippen LogP contribution in [0.5, 0.6) is 5.75 Å². The molecule has 17 heavy (non-hydrogen) atoms. The minimum absolute atomic E-state index is 0.661. The third kappa shape index (κ3) is 3.89. The largest absolute Gasteiger partial charge is 0.573 e. The van der Waals surface area contributed by atoms with E-state index >= 15 is 0 Å². The van der Waals surface area contributed by atoms with Crippen LogP contribution >= 0.6 is 21.2 Å². The molecule has 0 saturated carbocycles. The molecule has 0 spiro atoms. The van der Waals surface area contributed by atoms with E-state index in [0.29, 0.717) is 0 Å². The minimum Gasteiger partial charge on any atom is -0.405 e. The fraction of sp³-hybridized carbons (Fsp3) is 0.143. The normalized spacial score (nSPS) is 12.5. The summed E-state index contributed by atoms with van der Waals surface area (Å²) in [5.74, 6) is -0.893. The van der Waals surface area contributed by atoms with Crippen LogP contribution in [0.25, 0.3) is 0 Å². The molecule has 0 aliphatic rings. The van der Waals surface area contributed by atoms with Gasteiger partial charge in [-0.2, -0.15) is 8.42 Å². The third-order valence-electron chi connectivity index (χ3n) is 1.51. The Hall–Kier alpha value is -0.750. The van der Waals surface area contributed by atoms with Crippen LogP contribution in [0.15, 0.2) is 23.1 Å². The number of hydrogen-bond acceptors (Lipinski definition) is 4. The van der Waals surface area contributed by atoms with E-state index < -0.39 is 51.9 Å². The number of hydrogen-bond donors (Lipinski definition) is 1. The Labute approximate surface area is 104 Å². The second kappa shape index (κ2) is 4.86. The molecule has 0 aromatic heterocycles. The molecule has 0 unspecified atom stereocenters. The molecule has 0 amide bonds. The topological polar surface area (TPSA) is 80.7 Å². The van der Waals surface area contributed by atoms with Crippen LogP contribution in [0.4, 0.5) is 13.2 Å². The van der Waals surface area contributed by atoms with E-state index in [0.717, 1.165) is 18.2 Å². The molecule has 0 aliphatic heterocycles. The van der Waals surface area contributed by atoms with Gasteiger partial charge in [-0.3, -0.25) is 7.62 Å². The van der Waals surface area contributed by atoms with Gasteiger partial charge in [0.25, 0.3) is 10.1 Å². The van der Waals surface area contributed by atoms with Crippen molar-refractivity contribution in [3.63, 3.8) is 0 Å². The second-order valence-corrected chi connectivity index (χ2v) is 5.58. The molecule has 0 heterocycles. The van der Waals surface area contributed by atoms with Crippen LogP contribution in [-0.2, 0) is 13.2 Å². The van der Waals surface area contributed by atoms with Gasteiger partial charge in [-0.15, -0.1) is 13.2 Å². The van der Waals surface area contributed by atoms with Crippen LogP contribution in [-0.4, -0.2) is 19.3 Å². The van der Waals surface area contributed by atoms with Gasteiger partial charge in [0.15, 0.2) is 21.2 Å². The maximum atomic E-state index is 12.0. The van der Waals surface area contributed by atoms with E-state index in [1.165, 1.54) is 0 Å². The van der Waals surface area contributed by atoms with E-state index in [1.54, 1.807) is 0 Å². The maximum Gasteiger partial charge on any atom is 0.573 e. The molecule has 10 heteroatoms. The summed E-state index contributed by atoms with van der Waals surface area (Å²) >= 11 is -2.27. The molecule has 0 radical (unpaired) electrons. The Morgan fingerprint density at radius 2 is 1.88 bits per heavy atom. The highest BCUT2D eigenvalue weighted by Gasteiger charge is 2.33. The highest BCUT2D eigenvalue weighted by Crippen LogP contribution is 2.33. The Bertz CT molecular complexity index is 539. The first kappa shape index (κ1) is 14.3. The van der Waals surface area contributed by atoms with E-state index in [2.05, 4.69) is 4.74 Å². The maximum absolute atomic E-state index is 12.0. The monoisotopic (exact) mass is 384 g/mol. The van der Waals surface area contributed by atoms with E-state index in [-0.39, 0.29) is 0 Å². The van der Waals surface area contributed by atoms with Crippen LogP contribution in [0.2, 0.25) is 0 Å². The van der Waals surface area contributed by atoms with Crippen molar-refractivity contribution in [3.05, 3.63) is 21.8 Å².